The summed E-state index contributed by atoms with van der Waals surface area (Å²) < 4.78 is 0. The fourth-order valence-electron chi connectivity index (χ4n) is 2.62. The van der Waals surface area contributed by atoms with E-state index in [1.54, 1.807) is 0 Å². The molecular weight excluding hydrogens is 132 g/mol. The van der Waals surface area contributed by atoms with Crippen LogP contribution in [0.3, 0.4) is 0 Å². The summed E-state index contributed by atoms with van der Waals surface area (Å²) in [5.41, 5.74) is 1.38. The van der Waals surface area contributed by atoms with Crippen LogP contribution in [0.25, 0.3) is 0 Å². The van der Waals surface area contributed by atoms with Gasteiger partial charge < -0.3 is 0 Å². The third-order valence-corrected chi connectivity index (χ3v) is 3.48. The third-order valence-electron chi connectivity index (χ3n) is 3.48. The van der Waals surface area contributed by atoms with Gasteiger partial charge in [0.2, 0.25) is 0 Å². The van der Waals surface area contributed by atoms with Gasteiger partial charge in [0.15, 0.2) is 0 Å². The van der Waals surface area contributed by atoms with E-state index >= 15 is 0 Å². The molecule has 1 fully saturated rings. The molecule has 4 atom stereocenters. The molecule has 1 saturated carbocycles. The Morgan fingerprint density at radius 3 is 2.45 bits per heavy atom. The lowest BCUT2D eigenvalue weighted by atomic mass is 9.80. The van der Waals surface area contributed by atoms with Crippen LogP contribution in [0.2, 0.25) is 0 Å². The topological polar surface area (TPSA) is 0 Å². The number of hydrogen-bond acceptors (Lipinski definition) is 0. The summed E-state index contributed by atoms with van der Waals surface area (Å²) in [6.45, 7) is 8.60. The van der Waals surface area contributed by atoms with E-state index in [2.05, 4.69) is 32.6 Å². The van der Waals surface area contributed by atoms with E-state index in [1.165, 1.54) is 12.0 Å². The van der Waals surface area contributed by atoms with Crippen molar-refractivity contribution in [2.45, 2.75) is 20.3 Å². The molecule has 0 aromatic rings. The van der Waals surface area contributed by atoms with E-state index in [0.29, 0.717) is 0 Å². The Kier molecular flexibility index (Phi) is 1.45. The van der Waals surface area contributed by atoms with Crippen LogP contribution in [0, 0.1) is 23.7 Å². The van der Waals surface area contributed by atoms with Gasteiger partial charge >= 0.3 is 0 Å². The zero-order valence-electron chi connectivity index (χ0n) is 7.38. The molecule has 2 aliphatic carbocycles. The Hall–Kier alpha value is -0.520. The van der Waals surface area contributed by atoms with Crippen LogP contribution in [0.1, 0.15) is 20.3 Å². The second-order valence-corrected chi connectivity index (χ2v) is 4.17. The van der Waals surface area contributed by atoms with Gasteiger partial charge in [-0.15, -0.1) is 0 Å². The molecule has 0 amide bonds. The Bertz CT molecular complexity index is 212. The van der Waals surface area contributed by atoms with Gasteiger partial charge in [0.25, 0.3) is 0 Å². The van der Waals surface area contributed by atoms with Crippen LogP contribution in [0.5, 0.6) is 0 Å². The fraction of sp³-hybridized carbons (Fsp3) is 0.636. The fourth-order valence-corrected chi connectivity index (χ4v) is 2.62. The van der Waals surface area contributed by atoms with E-state index in [4.69, 9.17) is 0 Å². The van der Waals surface area contributed by atoms with Crippen molar-refractivity contribution in [3.8, 4) is 0 Å². The standard InChI is InChI=1S/C11H16/c1-7(2)11-6-9-4-5-10(9)8(11)3/h4-5,8-11H,1,6H2,2-3H3. The molecule has 11 heavy (non-hydrogen) atoms. The molecule has 0 N–H and O–H groups in total. The highest BCUT2D eigenvalue weighted by Crippen LogP contribution is 2.50. The first-order valence-electron chi connectivity index (χ1n) is 4.54. The van der Waals surface area contributed by atoms with Gasteiger partial charge in [0.05, 0.1) is 0 Å². The molecule has 2 aliphatic rings. The molecule has 0 nitrogen and oxygen atoms in total. The molecule has 0 saturated heterocycles. The minimum absolute atomic E-state index is 0.792. The van der Waals surface area contributed by atoms with E-state index in [0.717, 1.165) is 23.7 Å². The SMILES string of the molecule is C=C(C)C1CC2C=CC2C1C. The average molecular weight is 148 g/mol. The number of hydrogen-bond donors (Lipinski definition) is 0. The summed E-state index contributed by atoms with van der Waals surface area (Å²) in [5, 5.41) is 0. The Balaban J connectivity index is 2.13. The maximum Gasteiger partial charge on any atom is -0.0139 e. The lowest BCUT2D eigenvalue weighted by Gasteiger charge is -2.24. The lowest BCUT2D eigenvalue weighted by Crippen LogP contribution is -2.17. The predicted octanol–water partition coefficient (Wildman–Crippen LogP) is 3.02. The van der Waals surface area contributed by atoms with Gasteiger partial charge in [-0.05, 0) is 37.0 Å². The number of allylic oxidation sites excluding steroid dienone is 3. The predicted molar refractivity (Wildman–Crippen MR) is 48.2 cm³/mol. The largest absolute Gasteiger partial charge is 0.0998 e. The first kappa shape index (κ1) is 7.15. The molecule has 2 rings (SSSR count). The molecule has 0 heteroatoms. The number of fused-ring (bicyclic) bond motifs is 1. The monoisotopic (exact) mass is 148 g/mol. The maximum atomic E-state index is 4.06. The Morgan fingerprint density at radius 2 is 2.18 bits per heavy atom. The molecule has 0 heterocycles. The Labute approximate surface area is 69.0 Å². The van der Waals surface area contributed by atoms with Crippen LogP contribution in [-0.2, 0) is 0 Å². The maximum absolute atomic E-state index is 4.06. The van der Waals surface area contributed by atoms with Crippen molar-refractivity contribution in [1.82, 2.24) is 0 Å². The summed E-state index contributed by atoms with van der Waals surface area (Å²) in [6.07, 6.45) is 6.10. The molecule has 60 valence electrons. The van der Waals surface area contributed by atoms with Crippen LogP contribution in [-0.4, -0.2) is 0 Å². The van der Waals surface area contributed by atoms with Crippen molar-refractivity contribution in [2.75, 3.05) is 0 Å². The van der Waals surface area contributed by atoms with Gasteiger partial charge in [0.1, 0.15) is 0 Å². The van der Waals surface area contributed by atoms with Gasteiger partial charge in [0, 0.05) is 0 Å². The van der Waals surface area contributed by atoms with Crippen molar-refractivity contribution in [2.24, 2.45) is 23.7 Å². The van der Waals surface area contributed by atoms with E-state index in [1.807, 2.05) is 0 Å². The lowest BCUT2D eigenvalue weighted by molar-refractivity contribution is 0.387. The summed E-state index contributed by atoms with van der Waals surface area (Å²) >= 11 is 0. The van der Waals surface area contributed by atoms with Crippen molar-refractivity contribution in [3.63, 3.8) is 0 Å². The molecule has 0 aliphatic heterocycles. The first-order chi connectivity index (χ1) is 5.20. The zero-order chi connectivity index (χ0) is 8.01. The second-order valence-electron chi connectivity index (χ2n) is 4.17. The summed E-state index contributed by atoms with van der Waals surface area (Å²) in [7, 11) is 0. The van der Waals surface area contributed by atoms with Crippen LogP contribution in [0.4, 0.5) is 0 Å². The van der Waals surface area contributed by atoms with Crippen LogP contribution >= 0.6 is 0 Å². The zero-order valence-corrected chi connectivity index (χ0v) is 7.38. The third kappa shape index (κ3) is 0.885. The highest BCUT2D eigenvalue weighted by Gasteiger charge is 2.41. The normalized spacial score (nSPS) is 46.7. The Morgan fingerprint density at radius 1 is 1.45 bits per heavy atom. The second kappa shape index (κ2) is 2.23. The van der Waals surface area contributed by atoms with Crippen molar-refractivity contribution < 1.29 is 0 Å². The summed E-state index contributed by atoms with van der Waals surface area (Å²) in [5.74, 6) is 3.42. The quantitative estimate of drug-likeness (QED) is 0.501. The minimum Gasteiger partial charge on any atom is -0.0998 e. The van der Waals surface area contributed by atoms with E-state index in [-0.39, 0.29) is 0 Å². The van der Waals surface area contributed by atoms with Crippen molar-refractivity contribution in [1.29, 1.82) is 0 Å². The molecular formula is C11H16. The molecule has 0 aromatic carbocycles. The van der Waals surface area contributed by atoms with Gasteiger partial charge in [-0.3, -0.25) is 0 Å². The van der Waals surface area contributed by atoms with E-state index < -0.39 is 0 Å². The minimum atomic E-state index is 0.792. The van der Waals surface area contributed by atoms with E-state index in [9.17, 15) is 0 Å². The van der Waals surface area contributed by atoms with Gasteiger partial charge in [-0.1, -0.05) is 31.2 Å². The van der Waals surface area contributed by atoms with Crippen LogP contribution < -0.4 is 0 Å². The molecule has 0 radical (unpaired) electrons. The molecule has 4 unspecified atom stereocenters. The summed E-state index contributed by atoms with van der Waals surface area (Å²) in [4.78, 5) is 0. The smallest absolute Gasteiger partial charge is 0.0139 e. The van der Waals surface area contributed by atoms with Crippen molar-refractivity contribution >= 4 is 0 Å². The van der Waals surface area contributed by atoms with Gasteiger partial charge in [-0.2, -0.15) is 0 Å². The van der Waals surface area contributed by atoms with Gasteiger partial charge in [-0.25, -0.2) is 0 Å². The average Bonchev–Trinajstić information content (AvgIpc) is 2.03. The number of rotatable bonds is 1. The first-order valence-corrected chi connectivity index (χ1v) is 4.54. The highest BCUT2D eigenvalue weighted by molar-refractivity contribution is 5.19. The van der Waals surface area contributed by atoms with Crippen molar-refractivity contribution in [3.05, 3.63) is 24.3 Å². The van der Waals surface area contributed by atoms with Crippen LogP contribution in [0.15, 0.2) is 24.3 Å². The molecule has 0 bridgehead atoms. The summed E-state index contributed by atoms with van der Waals surface area (Å²) in [6, 6.07) is 0. The highest BCUT2D eigenvalue weighted by atomic mass is 14.5. The molecule has 0 spiro atoms. The molecule has 0 aromatic heterocycles.